The molecule has 2 atom stereocenters. The molecule has 4 rings (SSSR count). The number of hydrogen-bond acceptors (Lipinski definition) is 6. The van der Waals surface area contributed by atoms with E-state index in [0.717, 1.165) is 40.5 Å². The summed E-state index contributed by atoms with van der Waals surface area (Å²) >= 11 is 0. The monoisotopic (exact) mass is 410 g/mol. The number of aromatic nitrogens is 3. The lowest BCUT2D eigenvalue weighted by molar-refractivity contribution is 0.133. The number of rotatable bonds is 6. The van der Waals surface area contributed by atoms with Crippen molar-refractivity contribution in [2.45, 2.75) is 32.3 Å². The molecule has 0 bridgehead atoms. The van der Waals surface area contributed by atoms with Crippen LogP contribution in [0.4, 0.5) is 5.82 Å². The molecule has 3 heterocycles. The normalized spacial score (nSPS) is 15.8. The molecular weight excluding hydrogens is 384 g/mol. The van der Waals surface area contributed by atoms with E-state index in [1.54, 1.807) is 6.33 Å². The maximum Gasteiger partial charge on any atom is 0.129 e. The first-order valence-electron chi connectivity index (χ1n) is 9.52. The van der Waals surface area contributed by atoms with Gasteiger partial charge in [0.25, 0.3) is 0 Å². The Morgan fingerprint density at radius 2 is 2.07 bits per heavy atom. The summed E-state index contributed by atoms with van der Waals surface area (Å²) in [4.78, 5) is 13.0. The van der Waals surface area contributed by atoms with Gasteiger partial charge in [-0.15, -0.1) is 0 Å². The lowest BCUT2D eigenvalue weighted by atomic mass is 9.97. The van der Waals surface area contributed by atoms with Gasteiger partial charge in [0.1, 0.15) is 24.0 Å². The maximum atomic E-state index is 9.40. The molecule has 2 N–H and O–H groups in total. The van der Waals surface area contributed by atoms with Crippen molar-refractivity contribution in [1.82, 2.24) is 15.0 Å². The summed E-state index contributed by atoms with van der Waals surface area (Å²) in [5.41, 5.74) is 5.10. The van der Waals surface area contributed by atoms with Crippen molar-refractivity contribution in [2.75, 3.05) is 18.5 Å². The van der Waals surface area contributed by atoms with Crippen LogP contribution in [0.5, 0.6) is 5.75 Å². The van der Waals surface area contributed by atoms with Crippen LogP contribution in [0.25, 0.3) is 11.3 Å². The average molecular weight is 411 g/mol. The quantitative estimate of drug-likeness (QED) is 0.648. The Labute approximate surface area is 177 Å². The van der Waals surface area contributed by atoms with Gasteiger partial charge >= 0.3 is 0 Å². The van der Waals surface area contributed by atoms with E-state index in [9.17, 15) is 5.11 Å². The molecule has 0 saturated carbocycles. The number of aliphatic hydroxyl groups is 1. The Morgan fingerprint density at radius 1 is 1.21 bits per heavy atom. The second kappa shape index (κ2) is 9.24. The summed E-state index contributed by atoms with van der Waals surface area (Å²) in [6.45, 7) is 4.87. The van der Waals surface area contributed by atoms with Gasteiger partial charge < -0.3 is 15.2 Å². The Hall–Kier alpha value is -2.64. The molecule has 1 aromatic carbocycles. The van der Waals surface area contributed by atoms with Crippen molar-refractivity contribution in [3.8, 4) is 17.0 Å². The zero-order valence-electron chi connectivity index (χ0n) is 16.6. The number of nitrogens with one attached hydrogen (secondary N) is 1. The van der Waals surface area contributed by atoms with Crippen LogP contribution in [0.2, 0.25) is 0 Å². The molecule has 0 fully saturated rings. The van der Waals surface area contributed by atoms with E-state index in [1.807, 2.05) is 31.3 Å². The van der Waals surface area contributed by atoms with Crippen molar-refractivity contribution >= 4 is 19.3 Å². The lowest BCUT2D eigenvalue weighted by Crippen LogP contribution is -2.18. The number of aliphatic hydroxyl groups excluding tert-OH is 1. The van der Waals surface area contributed by atoms with E-state index >= 15 is 0 Å². The second-order valence-corrected chi connectivity index (χ2v) is 7.22. The molecule has 7 heteroatoms. The van der Waals surface area contributed by atoms with Crippen molar-refractivity contribution in [1.29, 1.82) is 0 Å². The molecular formula is C22H26N4O2S. The molecule has 1 aliphatic heterocycles. The number of benzene rings is 1. The number of nitrogens with zero attached hydrogens (tertiary/aromatic N) is 3. The van der Waals surface area contributed by atoms with Crippen LogP contribution in [0.15, 0.2) is 48.9 Å². The van der Waals surface area contributed by atoms with E-state index in [0.29, 0.717) is 6.54 Å². The Kier molecular flexibility index (Phi) is 6.71. The number of hydrogen-bond donors (Lipinski definition) is 2. The molecule has 3 aromatic rings. The molecule has 1 aliphatic rings. The zero-order chi connectivity index (χ0) is 19.5. The van der Waals surface area contributed by atoms with Crippen molar-refractivity contribution < 1.29 is 9.84 Å². The zero-order valence-corrected chi connectivity index (χ0v) is 17.6. The maximum absolute atomic E-state index is 9.40. The highest BCUT2D eigenvalue weighted by molar-refractivity contribution is 7.59. The molecule has 2 aromatic heterocycles. The standard InChI is InChI=1S/C22H24N4O2.H2S/c1-14(19-5-3-4-16-8-18(12-27)28-22(16)19)10-24-21-9-20(25-13-26-21)17-7-6-15(2)23-11-17;/h3-7,9,11,13-14,18,27H,8,10,12H2,1-2H3,(H,24,25,26);1H2/t14-,18+;/m1./s1. The van der Waals surface area contributed by atoms with Gasteiger partial charge in [0.15, 0.2) is 0 Å². The third-order valence-corrected chi connectivity index (χ3v) is 5.06. The Balaban J connectivity index is 0.00000240. The first-order valence-corrected chi connectivity index (χ1v) is 9.52. The van der Waals surface area contributed by atoms with Crippen LogP contribution < -0.4 is 10.1 Å². The SMILES string of the molecule is Cc1ccc(-c2cc(NC[C@@H](C)c3cccc4c3O[C@H](CO)C4)ncn2)cn1.S. The van der Waals surface area contributed by atoms with Crippen molar-refractivity contribution in [3.63, 3.8) is 0 Å². The Morgan fingerprint density at radius 3 is 2.83 bits per heavy atom. The van der Waals surface area contributed by atoms with E-state index in [2.05, 4.69) is 45.4 Å². The van der Waals surface area contributed by atoms with Crippen molar-refractivity contribution in [3.05, 3.63) is 65.7 Å². The molecule has 0 aliphatic carbocycles. The molecule has 0 spiro atoms. The van der Waals surface area contributed by atoms with Gasteiger partial charge in [-0.1, -0.05) is 25.1 Å². The number of aryl methyl sites for hydroxylation is 1. The first-order chi connectivity index (χ1) is 13.6. The van der Waals surface area contributed by atoms with Gasteiger partial charge in [0, 0.05) is 42.4 Å². The summed E-state index contributed by atoms with van der Waals surface area (Å²) in [5, 5.41) is 12.8. The Bertz CT molecular complexity index is 965. The number of anilines is 1. The highest BCUT2D eigenvalue weighted by Crippen LogP contribution is 2.36. The minimum atomic E-state index is -0.135. The van der Waals surface area contributed by atoms with Crippen LogP contribution in [-0.2, 0) is 6.42 Å². The molecule has 0 unspecified atom stereocenters. The number of ether oxygens (including phenoxy) is 1. The molecule has 152 valence electrons. The fourth-order valence-corrected chi connectivity index (χ4v) is 3.45. The summed E-state index contributed by atoms with van der Waals surface area (Å²) in [7, 11) is 0. The second-order valence-electron chi connectivity index (χ2n) is 7.22. The van der Waals surface area contributed by atoms with Gasteiger partial charge in [-0.25, -0.2) is 9.97 Å². The summed E-state index contributed by atoms with van der Waals surface area (Å²) in [6.07, 6.45) is 4.02. The fourth-order valence-electron chi connectivity index (χ4n) is 3.45. The average Bonchev–Trinajstić information content (AvgIpc) is 3.16. The summed E-state index contributed by atoms with van der Waals surface area (Å²) in [5.74, 6) is 1.93. The van der Waals surface area contributed by atoms with Crippen molar-refractivity contribution in [2.24, 2.45) is 0 Å². The molecule has 0 radical (unpaired) electrons. The van der Waals surface area contributed by atoms with Gasteiger partial charge in [-0.2, -0.15) is 13.5 Å². The highest BCUT2D eigenvalue weighted by Gasteiger charge is 2.26. The number of para-hydroxylation sites is 1. The molecule has 6 nitrogen and oxygen atoms in total. The fraction of sp³-hybridized carbons (Fsp3) is 0.318. The van der Waals surface area contributed by atoms with Gasteiger partial charge in [0.2, 0.25) is 0 Å². The van der Waals surface area contributed by atoms with Gasteiger partial charge in [-0.05, 0) is 30.2 Å². The third-order valence-electron chi connectivity index (χ3n) is 5.06. The van der Waals surface area contributed by atoms with Crippen LogP contribution in [0, 0.1) is 6.92 Å². The van der Waals surface area contributed by atoms with E-state index in [1.165, 1.54) is 5.56 Å². The topological polar surface area (TPSA) is 80.2 Å². The van der Waals surface area contributed by atoms with E-state index in [-0.39, 0.29) is 32.1 Å². The van der Waals surface area contributed by atoms with Crippen LogP contribution in [0.1, 0.15) is 29.7 Å². The van der Waals surface area contributed by atoms with Gasteiger partial charge in [-0.3, -0.25) is 4.98 Å². The summed E-state index contributed by atoms with van der Waals surface area (Å²) in [6, 6.07) is 12.1. The largest absolute Gasteiger partial charge is 0.487 e. The molecule has 0 saturated heterocycles. The molecule has 29 heavy (non-hydrogen) atoms. The predicted octanol–water partition coefficient (Wildman–Crippen LogP) is 3.47. The minimum Gasteiger partial charge on any atom is -0.487 e. The smallest absolute Gasteiger partial charge is 0.129 e. The highest BCUT2D eigenvalue weighted by atomic mass is 32.1. The first kappa shape index (κ1) is 21.1. The minimum absolute atomic E-state index is 0. The lowest BCUT2D eigenvalue weighted by Gasteiger charge is -2.17. The van der Waals surface area contributed by atoms with Gasteiger partial charge in [0.05, 0.1) is 12.3 Å². The van der Waals surface area contributed by atoms with E-state index in [4.69, 9.17) is 4.74 Å². The van der Waals surface area contributed by atoms with Crippen LogP contribution in [0.3, 0.4) is 0 Å². The molecule has 0 amide bonds. The number of pyridine rings is 1. The van der Waals surface area contributed by atoms with Crippen LogP contribution >= 0.6 is 13.5 Å². The van der Waals surface area contributed by atoms with Crippen LogP contribution in [-0.4, -0.2) is 39.3 Å². The number of fused-ring (bicyclic) bond motifs is 1. The van der Waals surface area contributed by atoms with E-state index < -0.39 is 0 Å². The predicted molar refractivity (Wildman–Crippen MR) is 119 cm³/mol. The third kappa shape index (κ3) is 4.68. The summed E-state index contributed by atoms with van der Waals surface area (Å²) < 4.78 is 5.94.